The van der Waals surface area contributed by atoms with Crippen molar-refractivity contribution >= 4 is 8.58 Å². The van der Waals surface area contributed by atoms with Crippen LogP contribution in [0.25, 0.3) is 0 Å². The minimum atomic E-state index is -6.52. The lowest BCUT2D eigenvalue weighted by Crippen LogP contribution is -2.50. The van der Waals surface area contributed by atoms with Gasteiger partial charge in [0.2, 0.25) is 0 Å². The van der Waals surface area contributed by atoms with E-state index < -0.39 is 44.8 Å². The molecule has 116 valence electrons. The molecule has 0 aliphatic heterocycles. The standard InChI is InChI=1S/C9H12F9P/c1-2-3-4-5(10)6(11)19-9(17,18)7(12,13)8(14,15)16/h5-6,19H,2-4H2,1H3. The molecule has 0 saturated heterocycles. The van der Waals surface area contributed by atoms with Gasteiger partial charge in [0.15, 0.2) is 5.91 Å². The summed E-state index contributed by atoms with van der Waals surface area (Å²) in [5.41, 5.74) is -5.67. The summed E-state index contributed by atoms with van der Waals surface area (Å²) < 4.78 is 112. The van der Waals surface area contributed by atoms with Crippen LogP contribution in [0.5, 0.6) is 0 Å². The van der Waals surface area contributed by atoms with Gasteiger partial charge in [-0.05, 0) is 15.0 Å². The van der Waals surface area contributed by atoms with Gasteiger partial charge in [0.25, 0.3) is 0 Å². The van der Waals surface area contributed by atoms with Crippen molar-refractivity contribution in [1.82, 2.24) is 0 Å². The molecule has 3 unspecified atom stereocenters. The van der Waals surface area contributed by atoms with Crippen LogP contribution >= 0.6 is 8.58 Å². The molecule has 0 nitrogen and oxygen atoms in total. The minimum Gasteiger partial charge on any atom is -0.244 e. The van der Waals surface area contributed by atoms with Gasteiger partial charge < -0.3 is 0 Å². The van der Waals surface area contributed by atoms with E-state index in [1.54, 1.807) is 6.92 Å². The lowest BCUT2D eigenvalue weighted by molar-refractivity contribution is -0.331. The van der Waals surface area contributed by atoms with Crippen LogP contribution < -0.4 is 0 Å². The Kier molecular flexibility index (Phi) is 6.43. The summed E-state index contributed by atoms with van der Waals surface area (Å²) in [5.74, 6) is -9.43. The Morgan fingerprint density at radius 1 is 0.947 bits per heavy atom. The monoisotopic (exact) mass is 322 g/mol. The molecular weight excluding hydrogens is 310 g/mol. The SMILES string of the molecule is CCCCC(F)C(F)PC(F)(F)C(F)(F)C(F)(F)F. The molecule has 10 heteroatoms. The molecule has 0 fully saturated rings. The highest BCUT2D eigenvalue weighted by atomic mass is 31.1. The molecule has 0 aliphatic rings. The summed E-state index contributed by atoms with van der Waals surface area (Å²) in [6.07, 6.45) is -8.97. The van der Waals surface area contributed by atoms with E-state index >= 15 is 0 Å². The number of hydrogen-bond donors (Lipinski definition) is 0. The molecule has 0 N–H and O–H groups in total. The number of alkyl halides is 9. The predicted octanol–water partition coefficient (Wildman–Crippen LogP) is 5.28. The van der Waals surface area contributed by atoms with Crippen molar-refractivity contribution in [3.05, 3.63) is 0 Å². The summed E-state index contributed by atoms with van der Waals surface area (Å²) in [7, 11) is -2.80. The van der Waals surface area contributed by atoms with Crippen LogP contribution in [0.1, 0.15) is 26.2 Å². The Morgan fingerprint density at radius 2 is 1.42 bits per heavy atom. The smallest absolute Gasteiger partial charge is 0.244 e. The molecule has 0 bridgehead atoms. The van der Waals surface area contributed by atoms with E-state index in [0.717, 1.165) is 0 Å². The van der Waals surface area contributed by atoms with Crippen LogP contribution in [0.15, 0.2) is 0 Å². The molecular formula is C9H12F9P. The van der Waals surface area contributed by atoms with Gasteiger partial charge in [-0.2, -0.15) is 30.7 Å². The third-order valence-electron chi connectivity index (χ3n) is 2.22. The topological polar surface area (TPSA) is 0 Å². The quantitative estimate of drug-likeness (QED) is 0.442. The second-order valence-electron chi connectivity index (χ2n) is 3.85. The maximum Gasteiger partial charge on any atom is 0.460 e. The number of rotatable bonds is 7. The lowest BCUT2D eigenvalue weighted by Gasteiger charge is -2.29. The zero-order valence-electron chi connectivity index (χ0n) is 9.68. The summed E-state index contributed by atoms with van der Waals surface area (Å²) >= 11 is 0. The van der Waals surface area contributed by atoms with Crippen LogP contribution in [-0.4, -0.2) is 29.8 Å². The molecule has 0 heterocycles. The minimum absolute atomic E-state index is 0.118. The van der Waals surface area contributed by atoms with Crippen LogP contribution in [0, 0.1) is 0 Å². The van der Waals surface area contributed by atoms with Crippen LogP contribution in [0.4, 0.5) is 39.5 Å². The average Bonchev–Trinajstić information content (AvgIpc) is 2.23. The molecule has 0 spiro atoms. The van der Waals surface area contributed by atoms with Gasteiger partial charge in [0.1, 0.15) is 6.17 Å². The predicted molar refractivity (Wildman–Crippen MR) is 53.6 cm³/mol. The zero-order chi connectivity index (χ0) is 15.5. The second-order valence-corrected chi connectivity index (χ2v) is 5.32. The third-order valence-corrected chi connectivity index (χ3v) is 3.53. The molecule has 0 amide bonds. The van der Waals surface area contributed by atoms with Gasteiger partial charge in [-0.25, -0.2) is 8.78 Å². The average molecular weight is 322 g/mol. The number of hydrogen-bond acceptors (Lipinski definition) is 0. The van der Waals surface area contributed by atoms with Gasteiger partial charge in [-0.15, -0.1) is 0 Å². The molecule has 0 aromatic carbocycles. The fourth-order valence-corrected chi connectivity index (χ4v) is 2.09. The molecule has 19 heavy (non-hydrogen) atoms. The van der Waals surface area contributed by atoms with E-state index in [2.05, 4.69) is 0 Å². The maximum absolute atomic E-state index is 13.0. The van der Waals surface area contributed by atoms with E-state index in [1.165, 1.54) is 0 Å². The van der Waals surface area contributed by atoms with Gasteiger partial charge in [0, 0.05) is 0 Å². The zero-order valence-corrected chi connectivity index (χ0v) is 10.7. The molecule has 0 saturated carbocycles. The first-order valence-corrected chi connectivity index (χ1v) is 6.32. The van der Waals surface area contributed by atoms with Crippen molar-refractivity contribution in [2.24, 2.45) is 0 Å². The lowest BCUT2D eigenvalue weighted by atomic mass is 10.2. The maximum atomic E-state index is 13.0. The fourth-order valence-electron chi connectivity index (χ4n) is 1.08. The molecule has 0 aromatic rings. The van der Waals surface area contributed by atoms with E-state index in [4.69, 9.17) is 0 Å². The Hall–Kier alpha value is -0.200. The summed E-state index contributed by atoms with van der Waals surface area (Å²) in [6.45, 7) is 1.59. The molecule has 0 radical (unpaired) electrons. The number of halogens is 9. The van der Waals surface area contributed by atoms with Crippen molar-refractivity contribution in [1.29, 1.82) is 0 Å². The van der Waals surface area contributed by atoms with Crippen molar-refractivity contribution in [2.75, 3.05) is 0 Å². The summed E-state index contributed by atoms with van der Waals surface area (Å²) in [5, 5.41) is 0. The van der Waals surface area contributed by atoms with E-state index in [1.807, 2.05) is 0 Å². The van der Waals surface area contributed by atoms with E-state index in [0.29, 0.717) is 6.42 Å². The van der Waals surface area contributed by atoms with Crippen LogP contribution in [0.3, 0.4) is 0 Å². The Morgan fingerprint density at radius 3 is 1.79 bits per heavy atom. The van der Waals surface area contributed by atoms with Crippen LogP contribution in [0.2, 0.25) is 0 Å². The van der Waals surface area contributed by atoms with E-state index in [9.17, 15) is 39.5 Å². The van der Waals surface area contributed by atoms with Gasteiger partial charge in [0.05, 0.1) is 0 Å². The van der Waals surface area contributed by atoms with Gasteiger partial charge in [-0.1, -0.05) is 19.8 Å². The summed E-state index contributed by atoms with van der Waals surface area (Å²) in [4.78, 5) is 0. The normalized spacial score (nSPS) is 18.0. The highest BCUT2D eigenvalue weighted by Gasteiger charge is 2.73. The van der Waals surface area contributed by atoms with E-state index in [-0.39, 0.29) is 6.42 Å². The largest absolute Gasteiger partial charge is 0.460 e. The van der Waals surface area contributed by atoms with Gasteiger partial charge in [-0.3, -0.25) is 0 Å². The third kappa shape index (κ3) is 4.68. The molecule has 3 atom stereocenters. The molecule has 0 aliphatic carbocycles. The van der Waals surface area contributed by atoms with Crippen molar-refractivity contribution in [3.8, 4) is 0 Å². The second kappa shape index (κ2) is 6.50. The van der Waals surface area contributed by atoms with Crippen molar-refractivity contribution < 1.29 is 39.5 Å². The first kappa shape index (κ1) is 18.8. The fraction of sp³-hybridized carbons (Fsp3) is 1.00. The van der Waals surface area contributed by atoms with Crippen molar-refractivity contribution in [3.63, 3.8) is 0 Å². The Bertz CT molecular complexity index is 275. The van der Waals surface area contributed by atoms with Gasteiger partial charge >= 0.3 is 17.8 Å². The highest BCUT2D eigenvalue weighted by molar-refractivity contribution is 7.40. The Balaban J connectivity index is 4.77. The highest BCUT2D eigenvalue weighted by Crippen LogP contribution is 2.56. The summed E-state index contributed by atoms with van der Waals surface area (Å²) in [6, 6.07) is 0. The first-order chi connectivity index (χ1) is 8.37. The number of unbranched alkanes of at least 4 members (excludes halogenated alkanes) is 1. The Labute approximate surface area is 105 Å². The molecule has 0 rings (SSSR count). The van der Waals surface area contributed by atoms with Crippen molar-refractivity contribution in [2.45, 2.75) is 56.0 Å². The first-order valence-electron chi connectivity index (χ1n) is 5.25. The molecule has 0 aromatic heterocycles. The van der Waals surface area contributed by atoms with Crippen LogP contribution in [-0.2, 0) is 0 Å².